The molecular formula is C18H19NO4. The third-order valence-electron chi connectivity index (χ3n) is 5.80. The van der Waals surface area contributed by atoms with Gasteiger partial charge in [0.25, 0.3) is 0 Å². The normalized spacial score (nSPS) is 31.3. The zero-order valence-corrected chi connectivity index (χ0v) is 13.1. The lowest BCUT2D eigenvalue weighted by atomic mass is 9.78. The molecule has 120 valence electrons. The van der Waals surface area contributed by atoms with E-state index in [4.69, 9.17) is 14.2 Å². The number of allylic oxidation sites excluding steroid dienone is 1. The smallest absolute Gasteiger partial charge is 0.231 e. The van der Waals surface area contributed by atoms with E-state index in [1.54, 1.807) is 7.11 Å². The number of ketones is 1. The molecule has 1 aromatic rings. The zero-order valence-electron chi connectivity index (χ0n) is 13.1. The van der Waals surface area contributed by atoms with Gasteiger partial charge in [-0.15, -0.1) is 0 Å². The Morgan fingerprint density at radius 1 is 1.26 bits per heavy atom. The Labute approximate surface area is 134 Å². The van der Waals surface area contributed by atoms with E-state index in [1.165, 1.54) is 5.56 Å². The molecule has 2 atom stereocenters. The van der Waals surface area contributed by atoms with Crippen molar-refractivity contribution in [2.24, 2.45) is 0 Å². The number of rotatable bonds is 1. The molecule has 0 N–H and O–H groups in total. The number of nitrogens with zero attached hydrogens (tertiary/aromatic N) is 1. The number of ether oxygens (including phenoxy) is 3. The first-order chi connectivity index (χ1) is 11.2. The van der Waals surface area contributed by atoms with Crippen LogP contribution in [-0.4, -0.2) is 43.2 Å². The molecule has 23 heavy (non-hydrogen) atoms. The number of benzene rings is 1. The van der Waals surface area contributed by atoms with Crippen molar-refractivity contribution in [1.29, 1.82) is 0 Å². The number of methoxy groups -OCH3 is 1. The molecule has 1 aliphatic carbocycles. The largest absolute Gasteiger partial charge is 0.493 e. The first-order valence-corrected chi connectivity index (χ1v) is 8.21. The van der Waals surface area contributed by atoms with Gasteiger partial charge in [-0.1, -0.05) is 0 Å². The summed E-state index contributed by atoms with van der Waals surface area (Å²) in [6.07, 6.45) is 5.14. The van der Waals surface area contributed by atoms with Gasteiger partial charge in [-0.3, -0.25) is 9.69 Å². The van der Waals surface area contributed by atoms with Gasteiger partial charge >= 0.3 is 0 Å². The Morgan fingerprint density at radius 2 is 2.09 bits per heavy atom. The summed E-state index contributed by atoms with van der Waals surface area (Å²) in [7, 11) is 1.59. The second-order valence-electron chi connectivity index (χ2n) is 6.75. The highest BCUT2D eigenvalue weighted by molar-refractivity contribution is 6.03. The van der Waals surface area contributed by atoms with Gasteiger partial charge in [0.15, 0.2) is 17.3 Å². The predicted octanol–water partition coefficient (Wildman–Crippen LogP) is 2.00. The average molecular weight is 313 g/mol. The fraction of sp³-hybridized carbons (Fsp3) is 0.500. The summed E-state index contributed by atoms with van der Waals surface area (Å²) in [6, 6.07) is 4.09. The quantitative estimate of drug-likeness (QED) is 0.794. The van der Waals surface area contributed by atoms with Gasteiger partial charge in [0, 0.05) is 6.54 Å². The highest BCUT2D eigenvalue weighted by atomic mass is 16.7. The molecule has 5 rings (SSSR count). The lowest BCUT2D eigenvalue weighted by molar-refractivity contribution is -0.120. The van der Waals surface area contributed by atoms with Crippen LogP contribution >= 0.6 is 0 Å². The molecule has 0 amide bonds. The standard InChI is InChI=1S/C18H19NO4/c1-21-15-9-18-4-2-5-19(18)6-3-11-7-13-14(23-10-22-13)8-12(11)16(18)17(15)20/h7-9,16H,2-6,10H2,1H3. The lowest BCUT2D eigenvalue weighted by Crippen LogP contribution is -2.46. The van der Waals surface area contributed by atoms with Crippen LogP contribution in [0.2, 0.25) is 0 Å². The molecular weight excluding hydrogens is 294 g/mol. The second-order valence-corrected chi connectivity index (χ2v) is 6.75. The minimum Gasteiger partial charge on any atom is -0.493 e. The molecule has 1 saturated heterocycles. The van der Waals surface area contributed by atoms with Crippen LogP contribution in [0, 0.1) is 0 Å². The van der Waals surface area contributed by atoms with Gasteiger partial charge in [0.2, 0.25) is 12.6 Å². The minimum absolute atomic E-state index is 0.0985. The number of Topliss-reactive ketones (excluding diaryl/α,β-unsaturated/α-hetero) is 1. The number of carbonyl (C=O) groups is 1. The van der Waals surface area contributed by atoms with Crippen LogP contribution in [0.4, 0.5) is 0 Å². The van der Waals surface area contributed by atoms with Gasteiger partial charge in [-0.2, -0.15) is 0 Å². The van der Waals surface area contributed by atoms with Gasteiger partial charge in [0.05, 0.1) is 18.6 Å². The molecule has 5 nitrogen and oxygen atoms in total. The fourth-order valence-corrected chi connectivity index (χ4v) is 4.79. The summed E-state index contributed by atoms with van der Waals surface area (Å²) < 4.78 is 16.5. The van der Waals surface area contributed by atoms with Crippen LogP contribution in [-0.2, 0) is 16.0 Å². The molecule has 1 fully saturated rings. The van der Waals surface area contributed by atoms with Crippen molar-refractivity contribution in [2.45, 2.75) is 30.7 Å². The number of carbonyl (C=O) groups excluding carboxylic acids is 1. The fourth-order valence-electron chi connectivity index (χ4n) is 4.79. The van der Waals surface area contributed by atoms with E-state index in [-0.39, 0.29) is 24.0 Å². The van der Waals surface area contributed by atoms with Crippen molar-refractivity contribution < 1.29 is 19.0 Å². The lowest BCUT2D eigenvalue weighted by Gasteiger charge is -2.36. The Kier molecular flexibility index (Phi) is 2.63. The van der Waals surface area contributed by atoms with E-state index in [0.717, 1.165) is 49.4 Å². The number of hydrogen-bond donors (Lipinski definition) is 0. The molecule has 2 unspecified atom stereocenters. The van der Waals surface area contributed by atoms with E-state index < -0.39 is 0 Å². The monoisotopic (exact) mass is 313 g/mol. The Morgan fingerprint density at radius 3 is 2.91 bits per heavy atom. The van der Waals surface area contributed by atoms with Crippen LogP contribution in [0.3, 0.4) is 0 Å². The van der Waals surface area contributed by atoms with Crippen molar-refractivity contribution in [3.8, 4) is 11.5 Å². The summed E-state index contributed by atoms with van der Waals surface area (Å²) in [5, 5.41) is 0. The predicted molar refractivity (Wildman–Crippen MR) is 82.6 cm³/mol. The van der Waals surface area contributed by atoms with Gasteiger partial charge < -0.3 is 14.2 Å². The van der Waals surface area contributed by atoms with Crippen LogP contribution < -0.4 is 9.47 Å². The number of fused-ring (bicyclic) bond motifs is 3. The first-order valence-electron chi connectivity index (χ1n) is 8.21. The van der Waals surface area contributed by atoms with E-state index >= 15 is 0 Å². The molecule has 0 radical (unpaired) electrons. The molecule has 0 saturated carbocycles. The summed E-state index contributed by atoms with van der Waals surface area (Å²) in [5.41, 5.74) is 2.07. The maximum absolute atomic E-state index is 13.0. The van der Waals surface area contributed by atoms with Gasteiger partial charge in [-0.05, 0) is 55.1 Å². The summed E-state index contributed by atoms with van der Waals surface area (Å²) in [6.45, 7) is 2.26. The molecule has 0 aromatic heterocycles. The minimum atomic E-state index is -0.221. The molecule has 3 aliphatic heterocycles. The highest BCUT2D eigenvalue weighted by Crippen LogP contribution is 2.53. The zero-order chi connectivity index (χ0) is 15.6. The topological polar surface area (TPSA) is 48.0 Å². The van der Waals surface area contributed by atoms with Crippen LogP contribution in [0.15, 0.2) is 24.0 Å². The van der Waals surface area contributed by atoms with Crippen molar-refractivity contribution in [3.63, 3.8) is 0 Å². The molecule has 3 heterocycles. The van der Waals surface area contributed by atoms with Gasteiger partial charge in [0.1, 0.15) is 0 Å². The number of hydrogen-bond acceptors (Lipinski definition) is 5. The maximum Gasteiger partial charge on any atom is 0.231 e. The summed E-state index contributed by atoms with van der Waals surface area (Å²) >= 11 is 0. The Hall–Kier alpha value is -2.01. The summed E-state index contributed by atoms with van der Waals surface area (Å²) in [5.74, 6) is 1.97. The van der Waals surface area contributed by atoms with Crippen molar-refractivity contribution in [3.05, 3.63) is 35.1 Å². The highest BCUT2D eigenvalue weighted by Gasteiger charge is 2.56. The maximum atomic E-state index is 13.0. The van der Waals surface area contributed by atoms with Crippen LogP contribution in [0.25, 0.3) is 0 Å². The SMILES string of the molecule is COC1=CC23CCCN2CCc2cc4c(cc2C3C1=O)OCO4. The van der Waals surface area contributed by atoms with E-state index in [1.807, 2.05) is 6.07 Å². The average Bonchev–Trinajstić information content (AvgIpc) is 3.21. The van der Waals surface area contributed by atoms with Crippen molar-refractivity contribution >= 4 is 5.78 Å². The molecule has 1 spiro atoms. The Balaban J connectivity index is 1.72. The van der Waals surface area contributed by atoms with E-state index in [0.29, 0.717) is 5.76 Å². The van der Waals surface area contributed by atoms with E-state index in [2.05, 4.69) is 17.0 Å². The molecule has 1 aromatic carbocycles. The van der Waals surface area contributed by atoms with E-state index in [9.17, 15) is 4.79 Å². The third-order valence-corrected chi connectivity index (χ3v) is 5.80. The Bertz CT molecular complexity index is 741. The third kappa shape index (κ3) is 1.63. The molecule has 0 bridgehead atoms. The second kappa shape index (κ2) is 4.51. The molecule has 5 heteroatoms. The van der Waals surface area contributed by atoms with Gasteiger partial charge in [-0.25, -0.2) is 0 Å². The summed E-state index contributed by atoms with van der Waals surface area (Å²) in [4.78, 5) is 15.5. The van der Waals surface area contributed by atoms with Crippen LogP contribution in [0.5, 0.6) is 11.5 Å². The van der Waals surface area contributed by atoms with Crippen LogP contribution in [0.1, 0.15) is 29.9 Å². The van der Waals surface area contributed by atoms with Crippen molar-refractivity contribution in [2.75, 3.05) is 27.0 Å². The van der Waals surface area contributed by atoms with Crippen molar-refractivity contribution in [1.82, 2.24) is 4.90 Å². The first kappa shape index (κ1) is 13.4. The molecule has 4 aliphatic rings.